The van der Waals surface area contributed by atoms with Crippen molar-refractivity contribution in [1.29, 1.82) is 0 Å². The predicted molar refractivity (Wildman–Crippen MR) is 87.6 cm³/mol. The average molecular weight is 312 g/mol. The molecule has 120 valence electrons. The van der Waals surface area contributed by atoms with Gasteiger partial charge in [-0.2, -0.15) is 5.10 Å². The van der Waals surface area contributed by atoms with Crippen LogP contribution in [-0.2, 0) is 4.79 Å². The average Bonchev–Trinajstić information content (AvgIpc) is 3.07. The molecule has 1 heterocycles. The molecule has 0 aliphatic heterocycles. The zero-order valence-electron chi connectivity index (χ0n) is 13.3. The fourth-order valence-corrected chi connectivity index (χ4v) is 2.41. The molecule has 2 atom stereocenters. The smallest absolute Gasteiger partial charge is 0.277 e. The highest BCUT2D eigenvalue weighted by Crippen LogP contribution is 2.47. The van der Waals surface area contributed by atoms with Crippen LogP contribution in [-0.4, -0.2) is 18.7 Å². The molecule has 3 rings (SSSR count). The number of benzene rings is 1. The number of nitrogens with zero attached hydrogens (tertiary/aromatic N) is 1. The van der Waals surface area contributed by atoms with Crippen LogP contribution in [0.5, 0.6) is 5.75 Å². The second-order valence-corrected chi connectivity index (χ2v) is 5.96. The third kappa shape index (κ3) is 4.22. The fraction of sp³-hybridized carbons (Fsp3) is 0.333. The van der Waals surface area contributed by atoms with Crippen LogP contribution in [0.15, 0.2) is 45.9 Å². The molecule has 1 amide bonds. The minimum absolute atomic E-state index is 0.0796. The van der Waals surface area contributed by atoms with Gasteiger partial charge in [-0.25, -0.2) is 5.43 Å². The van der Waals surface area contributed by atoms with Gasteiger partial charge in [0.15, 0.2) is 6.61 Å². The number of hydrazone groups is 1. The number of nitrogens with one attached hydrogen (secondary N) is 1. The number of aryl methyl sites for hydroxylation is 1. The molecular formula is C18H20N2O3. The highest BCUT2D eigenvalue weighted by atomic mass is 16.5. The lowest BCUT2D eigenvalue weighted by Gasteiger charge is -2.05. The summed E-state index contributed by atoms with van der Waals surface area (Å²) in [6, 6.07) is 11.4. The Morgan fingerprint density at radius 2 is 2.26 bits per heavy atom. The van der Waals surface area contributed by atoms with Crippen LogP contribution < -0.4 is 10.2 Å². The summed E-state index contributed by atoms with van der Waals surface area (Å²) in [5.41, 5.74) is 3.51. The fourth-order valence-electron chi connectivity index (χ4n) is 2.41. The van der Waals surface area contributed by atoms with E-state index in [0.717, 1.165) is 11.3 Å². The molecule has 1 fully saturated rings. The maximum atomic E-state index is 11.7. The van der Waals surface area contributed by atoms with Gasteiger partial charge in [0, 0.05) is 5.92 Å². The number of carbonyl (C=O) groups excluding carboxylic acids is 1. The Hall–Kier alpha value is -2.56. The minimum Gasteiger partial charge on any atom is -0.484 e. The van der Waals surface area contributed by atoms with Crippen LogP contribution in [0.3, 0.4) is 0 Å². The summed E-state index contributed by atoms with van der Waals surface area (Å²) in [6.07, 6.45) is 2.68. The topological polar surface area (TPSA) is 63.8 Å². The van der Waals surface area contributed by atoms with Crippen molar-refractivity contribution in [1.82, 2.24) is 5.43 Å². The molecule has 0 spiro atoms. The normalized spacial score (nSPS) is 19.7. The Bertz CT molecular complexity index is 721. The van der Waals surface area contributed by atoms with Crippen LogP contribution in [0, 0.1) is 12.8 Å². The number of ether oxygens (including phenoxy) is 1. The van der Waals surface area contributed by atoms with Gasteiger partial charge in [-0.15, -0.1) is 0 Å². The van der Waals surface area contributed by atoms with Crippen molar-refractivity contribution < 1.29 is 13.9 Å². The minimum atomic E-state index is -0.314. The summed E-state index contributed by atoms with van der Waals surface area (Å²) in [5, 5.41) is 3.89. The van der Waals surface area contributed by atoms with Crippen LogP contribution in [0.2, 0.25) is 0 Å². The first-order valence-electron chi connectivity index (χ1n) is 7.73. The van der Waals surface area contributed by atoms with Gasteiger partial charge in [0.25, 0.3) is 5.91 Å². The van der Waals surface area contributed by atoms with Gasteiger partial charge >= 0.3 is 0 Å². The molecule has 1 aliphatic rings. The molecule has 1 saturated carbocycles. The lowest BCUT2D eigenvalue weighted by molar-refractivity contribution is -0.123. The number of furan rings is 1. The van der Waals surface area contributed by atoms with Crippen molar-refractivity contribution >= 4 is 12.1 Å². The molecule has 5 heteroatoms. The second kappa shape index (κ2) is 6.69. The monoisotopic (exact) mass is 312 g/mol. The molecule has 5 nitrogen and oxygen atoms in total. The third-order valence-electron chi connectivity index (χ3n) is 3.86. The summed E-state index contributed by atoms with van der Waals surface area (Å²) >= 11 is 0. The van der Waals surface area contributed by atoms with Gasteiger partial charge < -0.3 is 9.15 Å². The van der Waals surface area contributed by atoms with Crippen LogP contribution >= 0.6 is 0 Å². The van der Waals surface area contributed by atoms with Gasteiger partial charge in [-0.3, -0.25) is 4.79 Å². The Balaban J connectivity index is 1.44. The summed E-state index contributed by atoms with van der Waals surface area (Å²) in [4.78, 5) is 11.7. The molecule has 2 aromatic rings. The van der Waals surface area contributed by atoms with E-state index in [-0.39, 0.29) is 12.5 Å². The van der Waals surface area contributed by atoms with Crippen LogP contribution in [0.1, 0.15) is 36.3 Å². The summed E-state index contributed by atoms with van der Waals surface area (Å²) < 4.78 is 11.1. The van der Waals surface area contributed by atoms with E-state index in [1.165, 1.54) is 12.6 Å². The van der Waals surface area contributed by atoms with E-state index >= 15 is 0 Å². The Morgan fingerprint density at radius 3 is 3.00 bits per heavy atom. The first-order valence-corrected chi connectivity index (χ1v) is 7.73. The molecule has 0 bridgehead atoms. The molecule has 1 aliphatic carbocycles. The SMILES string of the molecule is Cc1cccc(OCC(=O)N/N=C\c2ccc([C@@H]3C[C@@H]3C)o2)c1. The number of rotatable bonds is 6. The van der Waals surface area contributed by atoms with E-state index in [9.17, 15) is 4.79 Å². The zero-order chi connectivity index (χ0) is 16.2. The number of hydrogen-bond donors (Lipinski definition) is 1. The lowest BCUT2D eigenvalue weighted by atomic mass is 10.2. The van der Waals surface area contributed by atoms with E-state index in [1.807, 2.05) is 43.3 Å². The van der Waals surface area contributed by atoms with Crippen molar-refractivity contribution in [3.8, 4) is 5.75 Å². The first kappa shape index (κ1) is 15.3. The standard InChI is InChI=1S/C18H20N2O3/c1-12-4-3-5-14(8-12)22-11-18(21)20-19-10-15-6-7-17(23-15)16-9-13(16)2/h3-8,10,13,16H,9,11H2,1-2H3,(H,20,21)/b19-10-/t13-,16+/m0/s1. The van der Waals surface area contributed by atoms with Gasteiger partial charge in [0.05, 0.1) is 6.21 Å². The van der Waals surface area contributed by atoms with E-state index in [1.54, 1.807) is 0 Å². The van der Waals surface area contributed by atoms with E-state index in [2.05, 4.69) is 17.5 Å². The van der Waals surface area contributed by atoms with Crippen molar-refractivity contribution in [2.75, 3.05) is 6.61 Å². The van der Waals surface area contributed by atoms with E-state index in [4.69, 9.17) is 9.15 Å². The van der Waals surface area contributed by atoms with Crippen LogP contribution in [0.4, 0.5) is 0 Å². The molecule has 23 heavy (non-hydrogen) atoms. The maximum absolute atomic E-state index is 11.7. The summed E-state index contributed by atoms with van der Waals surface area (Å²) in [5.74, 6) is 3.22. The third-order valence-corrected chi connectivity index (χ3v) is 3.86. The highest BCUT2D eigenvalue weighted by Gasteiger charge is 2.36. The molecule has 0 saturated heterocycles. The van der Waals surface area contributed by atoms with Gasteiger partial charge in [0.1, 0.15) is 17.3 Å². The second-order valence-electron chi connectivity index (χ2n) is 5.96. The van der Waals surface area contributed by atoms with Gasteiger partial charge in [0.2, 0.25) is 0 Å². The van der Waals surface area contributed by atoms with E-state index < -0.39 is 0 Å². The molecule has 0 radical (unpaired) electrons. The molecule has 1 aromatic carbocycles. The molecule has 1 N–H and O–H groups in total. The Labute approximate surface area is 135 Å². The molecule has 0 unspecified atom stereocenters. The quantitative estimate of drug-likeness (QED) is 0.658. The van der Waals surface area contributed by atoms with Crippen molar-refractivity contribution in [2.24, 2.45) is 11.0 Å². The Morgan fingerprint density at radius 1 is 1.43 bits per heavy atom. The largest absolute Gasteiger partial charge is 0.484 e. The predicted octanol–water partition coefficient (Wildman–Crippen LogP) is 3.24. The molecular weight excluding hydrogens is 292 g/mol. The van der Waals surface area contributed by atoms with Gasteiger partial charge in [-0.05, 0) is 49.1 Å². The number of amides is 1. The lowest BCUT2D eigenvalue weighted by Crippen LogP contribution is -2.24. The van der Waals surface area contributed by atoms with Crippen molar-refractivity contribution in [3.63, 3.8) is 0 Å². The summed E-state index contributed by atoms with van der Waals surface area (Å²) in [6.45, 7) is 4.09. The van der Waals surface area contributed by atoms with Crippen molar-refractivity contribution in [2.45, 2.75) is 26.2 Å². The summed E-state index contributed by atoms with van der Waals surface area (Å²) in [7, 11) is 0. The first-order chi connectivity index (χ1) is 11.1. The number of carbonyl (C=O) groups is 1. The van der Waals surface area contributed by atoms with E-state index in [0.29, 0.717) is 23.3 Å². The Kier molecular flexibility index (Phi) is 4.46. The number of hydrogen-bond acceptors (Lipinski definition) is 4. The zero-order valence-corrected chi connectivity index (χ0v) is 13.3. The highest BCUT2D eigenvalue weighted by molar-refractivity contribution is 5.81. The molecule has 1 aromatic heterocycles. The van der Waals surface area contributed by atoms with Crippen LogP contribution in [0.25, 0.3) is 0 Å². The van der Waals surface area contributed by atoms with Gasteiger partial charge in [-0.1, -0.05) is 19.1 Å². The maximum Gasteiger partial charge on any atom is 0.277 e. The van der Waals surface area contributed by atoms with Crippen molar-refractivity contribution in [3.05, 3.63) is 53.5 Å².